The van der Waals surface area contributed by atoms with Crippen LogP contribution in [0.4, 0.5) is 0 Å². The maximum absolute atomic E-state index is 2.57. The molecule has 1 radical (unpaired) electrons. The third-order valence-corrected chi connectivity index (χ3v) is 3.22. The second kappa shape index (κ2) is 3.95. The molecule has 3 heteroatoms. The highest BCUT2D eigenvalue weighted by molar-refractivity contribution is 4.94. The van der Waals surface area contributed by atoms with Crippen molar-refractivity contribution in [3.63, 3.8) is 0 Å². The van der Waals surface area contributed by atoms with Crippen molar-refractivity contribution in [1.82, 2.24) is 14.9 Å². The molecule has 0 atom stereocenters. The van der Waals surface area contributed by atoms with E-state index >= 15 is 0 Å². The molecule has 75 valence electrons. The minimum atomic E-state index is 0.782. The van der Waals surface area contributed by atoms with Gasteiger partial charge in [-0.25, -0.2) is 10.0 Å². The molecule has 0 amide bonds. The molecule has 2 saturated heterocycles. The predicted octanol–water partition coefficient (Wildman–Crippen LogP) is 0.447. The van der Waals surface area contributed by atoms with E-state index in [2.05, 4.69) is 35.2 Å². The Morgan fingerprint density at radius 3 is 1.92 bits per heavy atom. The zero-order chi connectivity index (χ0) is 9.26. The van der Waals surface area contributed by atoms with Gasteiger partial charge in [0, 0.05) is 45.3 Å². The van der Waals surface area contributed by atoms with Crippen LogP contribution in [-0.2, 0) is 0 Å². The molecule has 2 rings (SSSR count). The summed E-state index contributed by atoms with van der Waals surface area (Å²) in [6.45, 7) is 11.7. The van der Waals surface area contributed by atoms with Crippen LogP contribution in [0.5, 0.6) is 0 Å². The van der Waals surface area contributed by atoms with Gasteiger partial charge in [-0.1, -0.05) is 13.8 Å². The fourth-order valence-electron chi connectivity index (χ4n) is 2.24. The molecule has 0 aliphatic carbocycles. The average Bonchev–Trinajstić information content (AvgIpc) is 2.44. The number of hydrazine groups is 1. The lowest BCUT2D eigenvalue weighted by Gasteiger charge is -2.35. The van der Waals surface area contributed by atoms with Crippen molar-refractivity contribution in [3.05, 3.63) is 6.42 Å². The van der Waals surface area contributed by atoms with Gasteiger partial charge >= 0.3 is 0 Å². The van der Waals surface area contributed by atoms with Gasteiger partial charge in [0.1, 0.15) is 0 Å². The van der Waals surface area contributed by atoms with Crippen LogP contribution in [0.25, 0.3) is 0 Å². The Kier molecular flexibility index (Phi) is 2.86. The van der Waals surface area contributed by atoms with Crippen molar-refractivity contribution in [1.29, 1.82) is 0 Å². The van der Waals surface area contributed by atoms with Crippen LogP contribution in [0.2, 0.25) is 0 Å². The van der Waals surface area contributed by atoms with Gasteiger partial charge in [-0.05, 0) is 6.42 Å². The molecule has 2 aliphatic rings. The second-order valence-electron chi connectivity index (χ2n) is 3.91. The van der Waals surface area contributed by atoms with Gasteiger partial charge in [0.2, 0.25) is 0 Å². The van der Waals surface area contributed by atoms with E-state index in [9.17, 15) is 0 Å². The standard InChI is InChI=1S/C10H20N3/c1-3-12-8-10(9-13(12)4-2)11-6-5-7-11/h5,10H,3-4,6-9H2,1-2H3. The van der Waals surface area contributed by atoms with Crippen LogP contribution in [-0.4, -0.2) is 60.2 Å². The lowest BCUT2D eigenvalue weighted by Crippen LogP contribution is -2.48. The molecule has 0 spiro atoms. The van der Waals surface area contributed by atoms with Crippen molar-refractivity contribution in [2.24, 2.45) is 0 Å². The molecule has 3 nitrogen and oxygen atoms in total. The molecule has 2 fully saturated rings. The van der Waals surface area contributed by atoms with E-state index in [4.69, 9.17) is 0 Å². The Balaban J connectivity index is 1.88. The highest BCUT2D eigenvalue weighted by Gasteiger charge is 2.33. The number of rotatable bonds is 3. The van der Waals surface area contributed by atoms with Crippen molar-refractivity contribution >= 4 is 0 Å². The summed E-state index contributed by atoms with van der Waals surface area (Å²) in [5.74, 6) is 0. The fraction of sp³-hybridized carbons (Fsp3) is 0.900. The highest BCUT2D eigenvalue weighted by Crippen LogP contribution is 2.19. The first kappa shape index (κ1) is 9.44. The van der Waals surface area contributed by atoms with Crippen molar-refractivity contribution in [3.8, 4) is 0 Å². The average molecular weight is 182 g/mol. The highest BCUT2D eigenvalue weighted by atomic mass is 15.7. The van der Waals surface area contributed by atoms with Gasteiger partial charge in [-0.2, -0.15) is 0 Å². The molecule has 2 heterocycles. The summed E-state index contributed by atoms with van der Waals surface area (Å²) in [5, 5.41) is 4.95. The molecule has 13 heavy (non-hydrogen) atoms. The molecular weight excluding hydrogens is 162 g/mol. The number of likely N-dealkylation sites (N-methyl/N-ethyl adjacent to an activating group) is 2. The number of hydrogen-bond acceptors (Lipinski definition) is 3. The van der Waals surface area contributed by atoms with Crippen LogP contribution in [0.1, 0.15) is 13.8 Å². The van der Waals surface area contributed by atoms with Crippen molar-refractivity contribution in [2.45, 2.75) is 19.9 Å². The van der Waals surface area contributed by atoms with E-state index in [1.165, 1.54) is 26.2 Å². The van der Waals surface area contributed by atoms with E-state index in [-0.39, 0.29) is 0 Å². The largest absolute Gasteiger partial charge is 0.297 e. The summed E-state index contributed by atoms with van der Waals surface area (Å²) in [7, 11) is 0. The normalized spacial score (nSPS) is 28.2. The molecule has 0 N–H and O–H groups in total. The van der Waals surface area contributed by atoms with Crippen LogP contribution in [0.3, 0.4) is 0 Å². The fourth-order valence-corrected chi connectivity index (χ4v) is 2.24. The zero-order valence-corrected chi connectivity index (χ0v) is 8.74. The number of likely N-dealkylation sites (tertiary alicyclic amines) is 1. The molecule has 2 aliphatic heterocycles. The smallest absolute Gasteiger partial charge is 0.0378 e. The maximum Gasteiger partial charge on any atom is 0.0378 e. The first-order valence-electron chi connectivity index (χ1n) is 5.40. The van der Waals surface area contributed by atoms with E-state index in [1.54, 1.807) is 0 Å². The Labute approximate surface area is 81.3 Å². The lowest BCUT2D eigenvalue weighted by molar-refractivity contribution is 0.0388. The first-order valence-corrected chi connectivity index (χ1v) is 5.40. The first-order chi connectivity index (χ1) is 6.35. The molecule has 0 aromatic heterocycles. The number of nitrogens with zero attached hydrogens (tertiary/aromatic N) is 3. The second-order valence-corrected chi connectivity index (χ2v) is 3.91. The lowest BCUT2D eigenvalue weighted by atomic mass is 10.1. The Morgan fingerprint density at radius 2 is 1.62 bits per heavy atom. The monoisotopic (exact) mass is 182 g/mol. The van der Waals surface area contributed by atoms with E-state index in [0.29, 0.717) is 0 Å². The molecule has 0 aromatic rings. The van der Waals surface area contributed by atoms with Gasteiger partial charge in [-0.3, -0.25) is 4.90 Å². The molecule has 0 saturated carbocycles. The van der Waals surface area contributed by atoms with Gasteiger partial charge in [-0.15, -0.1) is 0 Å². The summed E-state index contributed by atoms with van der Waals surface area (Å²) in [5.41, 5.74) is 0. The molecular formula is C10H20N3. The molecule has 0 unspecified atom stereocenters. The Hall–Kier alpha value is -0.120. The summed E-state index contributed by atoms with van der Waals surface area (Å²) in [6, 6.07) is 0.782. The van der Waals surface area contributed by atoms with Crippen LogP contribution in [0, 0.1) is 6.42 Å². The van der Waals surface area contributed by atoms with Gasteiger partial charge < -0.3 is 0 Å². The minimum Gasteiger partial charge on any atom is -0.297 e. The topological polar surface area (TPSA) is 9.72 Å². The maximum atomic E-state index is 2.57. The third-order valence-electron chi connectivity index (χ3n) is 3.22. The van der Waals surface area contributed by atoms with E-state index in [0.717, 1.165) is 19.1 Å². The zero-order valence-electron chi connectivity index (χ0n) is 8.74. The van der Waals surface area contributed by atoms with E-state index in [1.807, 2.05) is 0 Å². The quantitative estimate of drug-likeness (QED) is 0.627. The predicted molar refractivity (Wildman–Crippen MR) is 54.2 cm³/mol. The summed E-state index contributed by atoms with van der Waals surface area (Å²) in [6.07, 6.45) is 2.35. The van der Waals surface area contributed by atoms with Gasteiger partial charge in [0.25, 0.3) is 0 Å². The molecule has 0 bridgehead atoms. The van der Waals surface area contributed by atoms with Gasteiger partial charge in [0.15, 0.2) is 0 Å². The van der Waals surface area contributed by atoms with Crippen molar-refractivity contribution in [2.75, 3.05) is 39.3 Å². The van der Waals surface area contributed by atoms with Crippen LogP contribution < -0.4 is 0 Å². The SMILES string of the molecule is CCN1CC(N2C[CH]C2)CN1CC. The Bertz CT molecular complexity index is 156. The Morgan fingerprint density at radius 1 is 1.08 bits per heavy atom. The molecule has 0 aromatic carbocycles. The van der Waals surface area contributed by atoms with Crippen molar-refractivity contribution < 1.29 is 0 Å². The van der Waals surface area contributed by atoms with Crippen LogP contribution >= 0.6 is 0 Å². The third kappa shape index (κ3) is 1.73. The van der Waals surface area contributed by atoms with Crippen LogP contribution in [0.15, 0.2) is 0 Å². The van der Waals surface area contributed by atoms with Gasteiger partial charge in [0.05, 0.1) is 0 Å². The number of hydrogen-bond donors (Lipinski definition) is 0. The minimum absolute atomic E-state index is 0.782. The summed E-state index contributed by atoms with van der Waals surface area (Å²) >= 11 is 0. The summed E-state index contributed by atoms with van der Waals surface area (Å²) < 4.78 is 0. The van der Waals surface area contributed by atoms with E-state index < -0.39 is 0 Å². The summed E-state index contributed by atoms with van der Waals surface area (Å²) in [4.78, 5) is 2.57.